The molecule has 1 atom stereocenters. The molecular weight excluding hydrogens is 182 g/mol. The second-order valence-corrected chi connectivity index (χ2v) is 4.26. The van der Waals surface area contributed by atoms with Crippen LogP contribution in [0.2, 0.25) is 0 Å². The van der Waals surface area contributed by atoms with E-state index in [0.29, 0.717) is 0 Å². The molecule has 1 fully saturated rings. The van der Waals surface area contributed by atoms with E-state index in [9.17, 15) is 0 Å². The smallest absolute Gasteiger partial charge is 0.00175 e. The van der Waals surface area contributed by atoms with E-state index in [1.807, 2.05) is 0 Å². The Morgan fingerprint density at radius 1 is 1.27 bits per heavy atom. The predicted molar refractivity (Wildman–Crippen MR) is 65.7 cm³/mol. The first-order valence-corrected chi connectivity index (χ1v) is 5.87. The third-order valence-corrected chi connectivity index (χ3v) is 2.98. The van der Waals surface area contributed by atoms with Crippen molar-refractivity contribution in [2.24, 2.45) is 5.92 Å². The van der Waals surface area contributed by atoms with Crippen molar-refractivity contribution in [2.45, 2.75) is 19.3 Å². The van der Waals surface area contributed by atoms with E-state index in [4.69, 9.17) is 0 Å². The molecule has 0 aromatic heterocycles. The summed E-state index contributed by atoms with van der Waals surface area (Å²) in [6, 6.07) is 10.5. The van der Waals surface area contributed by atoms with Gasteiger partial charge >= 0.3 is 0 Å². The van der Waals surface area contributed by atoms with Gasteiger partial charge in [0.15, 0.2) is 0 Å². The van der Waals surface area contributed by atoms with Crippen molar-refractivity contribution >= 4 is 6.08 Å². The zero-order valence-electron chi connectivity index (χ0n) is 9.15. The van der Waals surface area contributed by atoms with Crippen molar-refractivity contribution in [1.29, 1.82) is 0 Å². The van der Waals surface area contributed by atoms with Crippen LogP contribution in [0.1, 0.15) is 24.8 Å². The molecule has 0 amide bonds. The first-order valence-electron chi connectivity index (χ1n) is 5.87. The molecule has 0 spiro atoms. The van der Waals surface area contributed by atoms with Gasteiger partial charge in [-0.05, 0) is 43.8 Å². The number of piperidine rings is 1. The molecule has 1 unspecified atom stereocenters. The fourth-order valence-electron chi connectivity index (χ4n) is 2.09. The third kappa shape index (κ3) is 3.52. The fourth-order valence-corrected chi connectivity index (χ4v) is 2.09. The van der Waals surface area contributed by atoms with Crippen molar-refractivity contribution in [3.63, 3.8) is 0 Å². The highest BCUT2D eigenvalue weighted by atomic mass is 14.9. The molecule has 0 saturated carbocycles. The van der Waals surface area contributed by atoms with Gasteiger partial charge in [-0.15, -0.1) is 0 Å². The number of benzene rings is 1. The van der Waals surface area contributed by atoms with Gasteiger partial charge in [0.1, 0.15) is 0 Å². The molecule has 0 radical (unpaired) electrons. The fraction of sp³-hybridized carbons (Fsp3) is 0.429. The number of nitrogens with one attached hydrogen (secondary N) is 1. The summed E-state index contributed by atoms with van der Waals surface area (Å²) < 4.78 is 0. The largest absolute Gasteiger partial charge is 0.316 e. The molecule has 1 aromatic rings. The minimum Gasteiger partial charge on any atom is -0.316 e. The zero-order valence-corrected chi connectivity index (χ0v) is 9.15. The first-order chi connectivity index (χ1) is 7.45. The van der Waals surface area contributed by atoms with E-state index in [1.165, 1.54) is 37.9 Å². The van der Waals surface area contributed by atoms with Gasteiger partial charge in [0.05, 0.1) is 0 Å². The highest BCUT2D eigenvalue weighted by Gasteiger charge is 2.10. The monoisotopic (exact) mass is 201 g/mol. The van der Waals surface area contributed by atoms with Gasteiger partial charge in [0, 0.05) is 0 Å². The molecule has 0 aliphatic carbocycles. The first kappa shape index (κ1) is 10.4. The van der Waals surface area contributed by atoms with Crippen LogP contribution in [-0.4, -0.2) is 13.1 Å². The molecule has 1 heterocycles. The Morgan fingerprint density at radius 2 is 2.13 bits per heavy atom. The average Bonchev–Trinajstić information content (AvgIpc) is 2.32. The Labute approximate surface area is 92.2 Å². The Hall–Kier alpha value is -1.08. The highest BCUT2D eigenvalue weighted by Crippen LogP contribution is 2.15. The second-order valence-electron chi connectivity index (χ2n) is 4.26. The van der Waals surface area contributed by atoms with E-state index >= 15 is 0 Å². The van der Waals surface area contributed by atoms with Gasteiger partial charge in [-0.25, -0.2) is 0 Å². The molecule has 80 valence electrons. The molecule has 15 heavy (non-hydrogen) atoms. The maximum absolute atomic E-state index is 3.45. The van der Waals surface area contributed by atoms with E-state index in [1.54, 1.807) is 0 Å². The Morgan fingerprint density at radius 3 is 2.87 bits per heavy atom. The lowest BCUT2D eigenvalue weighted by atomic mass is 9.96. The van der Waals surface area contributed by atoms with Gasteiger partial charge in [-0.2, -0.15) is 0 Å². The summed E-state index contributed by atoms with van der Waals surface area (Å²) in [5.74, 6) is 0.846. The number of rotatable bonds is 3. The van der Waals surface area contributed by atoms with Crippen LogP contribution in [0.3, 0.4) is 0 Å². The molecule has 1 heteroatoms. The Bertz CT molecular complexity index is 296. The van der Waals surface area contributed by atoms with Crippen LogP contribution in [0.4, 0.5) is 0 Å². The molecule has 1 aliphatic rings. The maximum atomic E-state index is 3.45. The second kappa shape index (κ2) is 5.72. The van der Waals surface area contributed by atoms with Crippen molar-refractivity contribution in [3.05, 3.63) is 42.0 Å². The molecule has 1 aliphatic heterocycles. The Kier molecular flexibility index (Phi) is 3.98. The molecular formula is C14H19N. The number of allylic oxidation sites excluding steroid dienone is 1. The topological polar surface area (TPSA) is 12.0 Å². The third-order valence-electron chi connectivity index (χ3n) is 2.98. The summed E-state index contributed by atoms with van der Waals surface area (Å²) in [7, 11) is 0. The zero-order chi connectivity index (χ0) is 10.3. The van der Waals surface area contributed by atoms with Crippen LogP contribution >= 0.6 is 0 Å². The van der Waals surface area contributed by atoms with E-state index in [2.05, 4.69) is 47.8 Å². The minimum atomic E-state index is 0.846. The van der Waals surface area contributed by atoms with Crippen molar-refractivity contribution < 1.29 is 0 Å². The van der Waals surface area contributed by atoms with Crippen LogP contribution < -0.4 is 5.32 Å². The quantitative estimate of drug-likeness (QED) is 0.792. The van der Waals surface area contributed by atoms with Crippen molar-refractivity contribution in [1.82, 2.24) is 5.32 Å². The lowest BCUT2D eigenvalue weighted by molar-refractivity contribution is 0.381. The lowest BCUT2D eigenvalue weighted by Gasteiger charge is -2.21. The molecule has 1 aromatic carbocycles. The predicted octanol–water partition coefficient (Wildman–Crippen LogP) is 3.09. The molecule has 1 nitrogen and oxygen atoms in total. The van der Waals surface area contributed by atoms with Gasteiger partial charge in [-0.3, -0.25) is 0 Å². The summed E-state index contributed by atoms with van der Waals surface area (Å²) in [5.41, 5.74) is 1.31. The van der Waals surface area contributed by atoms with E-state index in [-0.39, 0.29) is 0 Å². The standard InChI is InChI=1S/C14H19N/c1-2-6-13(7-3-1)8-4-9-14-10-5-11-15-12-14/h1-4,6-8,14-15H,5,9-12H2. The summed E-state index contributed by atoms with van der Waals surface area (Å²) in [6.45, 7) is 2.40. The van der Waals surface area contributed by atoms with Gasteiger partial charge < -0.3 is 5.32 Å². The summed E-state index contributed by atoms with van der Waals surface area (Å²) in [6.07, 6.45) is 8.47. The van der Waals surface area contributed by atoms with Crippen LogP contribution in [0, 0.1) is 5.92 Å². The van der Waals surface area contributed by atoms with Gasteiger partial charge in [-0.1, -0.05) is 42.5 Å². The minimum absolute atomic E-state index is 0.846. The summed E-state index contributed by atoms with van der Waals surface area (Å²) in [5, 5.41) is 3.45. The summed E-state index contributed by atoms with van der Waals surface area (Å²) in [4.78, 5) is 0. The van der Waals surface area contributed by atoms with E-state index in [0.717, 1.165) is 5.92 Å². The summed E-state index contributed by atoms with van der Waals surface area (Å²) >= 11 is 0. The maximum Gasteiger partial charge on any atom is -0.00175 e. The molecule has 2 rings (SSSR count). The van der Waals surface area contributed by atoms with Crippen LogP contribution in [0.25, 0.3) is 6.08 Å². The van der Waals surface area contributed by atoms with Crippen molar-refractivity contribution in [3.8, 4) is 0 Å². The van der Waals surface area contributed by atoms with Gasteiger partial charge in [0.25, 0.3) is 0 Å². The highest BCUT2D eigenvalue weighted by molar-refractivity contribution is 5.48. The molecule has 1 saturated heterocycles. The SMILES string of the molecule is C(=Cc1ccccc1)CC1CCCNC1. The molecule has 1 N–H and O–H groups in total. The van der Waals surface area contributed by atoms with Crippen molar-refractivity contribution in [2.75, 3.05) is 13.1 Å². The lowest BCUT2D eigenvalue weighted by Crippen LogP contribution is -2.29. The normalized spacial score (nSPS) is 22.0. The number of hydrogen-bond acceptors (Lipinski definition) is 1. The van der Waals surface area contributed by atoms with Crippen LogP contribution in [0.5, 0.6) is 0 Å². The van der Waals surface area contributed by atoms with E-state index < -0.39 is 0 Å². The Balaban J connectivity index is 1.79. The average molecular weight is 201 g/mol. The van der Waals surface area contributed by atoms with Gasteiger partial charge in [0.2, 0.25) is 0 Å². The molecule has 0 bridgehead atoms. The number of hydrogen-bond donors (Lipinski definition) is 1. The van der Waals surface area contributed by atoms with Crippen LogP contribution in [0.15, 0.2) is 36.4 Å². The van der Waals surface area contributed by atoms with Crippen LogP contribution in [-0.2, 0) is 0 Å².